The van der Waals surface area contributed by atoms with Crippen molar-refractivity contribution in [1.82, 2.24) is 0 Å². The van der Waals surface area contributed by atoms with Crippen LogP contribution in [-0.4, -0.2) is 18.8 Å². The molecule has 3 aromatic rings. The molecule has 144 valence electrons. The zero-order chi connectivity index (χ0) is 20.1. The topological polar surface area (TPSA) is 26.3 Å². The Balaban J connectivity index is 2.01. The minimum Gasteiger partial charge on any atom is -0.452 e. The fraction of sp³-hybridized carbons (Fsp3) is 0.0952. The number of benzene rings is 3. The minimum atomic E-state index is -4.68. The fourth-order valence-electron chi connectivity index (χ4n) is 2.53. The summed E-state index contributed by atoms with van der Waals surface area (Å²) in [5.74, 6) is -2.28. The molecule has 0 N–H and O–H groups in total. The van der Waals surface area contributed by atoms with Gasteiger partial charge in [0.2, 0.25) is 0 Å². The van der Waals surface area contributed by atoms with Crippen LogP contribution in [0.5, 0.6) is 0 Å². The molecule has 0 atom stereocenters. The summed E-state index contributed by atoms with van der Waals surface area (Å²) in [6.45, 7) is -1.77. The highest BCUT2D eigenvalue weighted by atomic mass is 32.2. The predicted octanol–water partition coefficient (Wildman–Crippen LogP) is 5.64. The molecular formula is C21H15F4O2S+. The second kappa shape index (κ2) is 8.48. The molecule has 0 heterocycles. The van der Waals surface area contributed by atoms with Crippen LogP contribution in [0.15, 0.2) is 93.5 Å². The van der Waals surface area contributed by atoms with Crippen LogP contribution in [-0.2, 0) is 15.6 Å². The molecule has 0 saturated heterocycles. The van der Waals surface area contributed by atoms with E-state index in [1.165, 1.54) is 12.1 Å². The van der Waals surface area contributed by atoms with E-state index in [0.717, 1.165) is 15.9 Å². The average Bonchev–Trinajstić information content (AvgIpc) is 2.69. The second-order valence-electron chi connectivity index (χ2n) is 5.77. The first-order valence-electron chi connectivity index (χ1n) is 8.23. The van der Waals surface area contributed by atoms with E-state index in [4.69, 9.17) is 0 Å². The molecule has 7 heteroatoms. The Hall–Kier alpha value is -2.80. The summed E-state index contributed by atoms with van der Waals surface area (Å²) < 4.78 is 55.3. The maximum Gasteiger partial charge on any atom is 0.422 e. The third-order valence-corrected chi connectivity index (χ3v) is 5.93. The molecule has 0 saturated carbocycles. The third-order valence-electron chi connectivity index (χ3n) is 3.72. The second-order valence-corrected chi connectivity index (χ2v) is 7.79. The van der Waals surface area contributed by atoms with Crippen LogP contribution in [0.25, 0.3) is 0 Å². The molecule has 0 aliphatic rings. The number of rotatable bonds is 5. The molecule has 0 bridgehead atoms. The van der Waals surface area contributed by atoms with Gasteiger partial charge in [0.1, 0.15) is 11.4 Å². The molecule has 0 spiro atoms. The van der Waals surface area contributed by atoms with Gasteiger partial charge in [-0.15, -0.1) is 0 Å². The molecule has 0 fully saturated rings. The maximum atomic E-state index is 14.1. The van der Waals surface area contributed by atoms with Gasteiger partial charge in [-0.05, 0) is 36.4 Å². The predicted molar refractivity (Wildman–Crippen MR) is 97.8 cm³/mol. The Labute approximate surface area is 162 Å². The van der Waals surface area contributed by atoms with Gasteiger partial charge in [-0.25, -0.2) is 9.18 Å². The molecular weight excluding hydrogens is 392 g/mol. The summed E-state index contributed by atoms with van der Waals surface area (Å²) in [7, 11) is -0.667. The number of halogens is 4. The molecule has 0 aliphatic heterocycles. The summed E-state index contributed by atoms with van der Waals surface area (Å²) >= 11 is 0. The summed E-state index contributed by atoms with van der Waals surface area (Å²) in [4.78, 5) is 14.4. The Morgan fingerprint density at radius 2 is 1.36 bits per heavy atom. The van der Waals surface area contributed by atoms with Gasteiger partial charge in [-0.3, -0.25) is 0 Å². The van der Waals surface area contributed by atoms with Gasteiger partial charge in [0.25, 0.3) is 0 Å². The summed E-state index contributed by atoms with van der Waals surface area (Å²) in [5, 5.41) is 0. The summed E-state index contributed by atoms with van der Waals surface area (Å²) in [6, 6.07) is 22.6. The highest BCUT2D eigenvalue weighted by Gasteiger charge is 2.33. The Bertz CT molecular complexity index is 904. The lowest BCUT2D eigenvalue weighted by Gasteiger charge is -2.11. The van der Waals surface area contributed by atoms with Crippen LogP contribution in [0.2, 0.25) is 0 Å². The van der Waals surface area contributed by atoms with Crippen LogP contribution in [0.4, 0.5) is 17.6 Å². The van der Waals surface area contributed by atoms with Crippen LogP contribution < -0.4 is 0 Å². The Kier molecular flexibility index (Phi) is 6.04. The van der Waals surface area contributed by atoms with Gasteiger partial charge in [0.05, 0.1) is 10.9 Å². The normalized spacial score (nSPS) is 11.5. The molecule has 0 amide bonds. The number of carbonyl (C=O) groups excluding carboxylic acids is 1. The van der Waals surface area contributed by atoms with E-state index in [1.54, 1.807) is 0 Å². The fourth-order valence-corrected chi connectivity index (χ4v) is 4.65. The molecule has 2 nitrogen and oxygen atoms in total. The van der Waals surface area contributed by atoms with Gasteiger partial charge in [-0.2, -0.15) is 13.2 Å². The Morgan fingerprint density at radius 3 is 1.86 bits per heavy atom. The largest absolute Gasteiger partial charge is 0.452 e. The van der Waals surface area contributed by atoms with E-state index in [2.05, 4.69) is 4.74 Å². The van der Waals surface area contributed by atoms with Gasteiger partial charge in [-0.1, -0.05) is 36.4 Å². The van der Waals surface area contributed by atoms with Crippen molar-refractivity contribution < 1.29 is 27.1 Å². The number of ether oxygens (including phenoxy) is 1. The highest BCUT2D eigenvalue weighted by Crippen LogP contribution is 2.32. The smallest absolute Gasteiger partial charge is 0.422 e. The molecule has 0 unspecified atom stereocenters. The lowest BCUT2D eigenvalue weighted by Crippen LogP contribution is -2.21. The van der Waals surface area contributed by atoms with Gasteiger partial charge >= 0.3 is 12.1 Å². The van der Waals surface area contributed by atoms with Crippen molar-refractivity contribution in [2.45, 2.75) is 20.9 Å². The first kappa shape index (κ1) is 19.9. The van der Waals surface area contributed by atoms with E-state index in [9.17, 15) is 22.4 Å². The van der Waals surface area contributed by atoms with E-state index < -0.39 is 41.0 Å². The summed E-state index contributed by atoms with van der Waals surface area (Å²) in [5.41, 5.74) is -0.522. The van der Waals surface area contributed by atoms with Gasteiger partial charge < -0.3 is 4.74 Å². The standard InChI is InChI=1S/C21H15F4O2S/c22-19-12-11-17(13-18(19)20(26)27-14-21(23,24)25)28(15-7-3-1-4-8-15)16-9-5-2-6-10-16/h1-13H,14H2/q+1. The first-order chi connectivity index (χ1) is 13.3. The van der Waals surface area contributed by atoms with Crippen LogP contribution in [0.1, 0.15) is 10.4 Å². The SMILES string of the molecule is O=C(OCC(F)(F)F)c1cc([S+](c2ccccc2)c2ccccc2)ccc1F. The van der Waals surface area contributed by atoms with Crippen molar-refractivity contribution in [3.8, 4) is 0 Å². The number of esters is 1. The Morgan fingerprint density at radius 1 is 0.821 bits per heavy atom. The molecule has 28 heavy (non-hydrogen) atoms. The molecule has 0 aliphatic carbocycles. The molecule has 3 aromatic carbocycles. The van der Waals surface area contributed by atoms with Crippen molar-refractivity contribution in [3.05, 3.63) is 90.2 Å². The van der Waals surface area contributed by atoms with Crippen molar-refractivity contribution in [1.29, 1.82) is 0 Å². The van der Waals surface area contributed by atoms with E-state index >= 15 is 0 Å². The quantitative estimate of drug-likeness (QED) is 0.311. The molecule has 3 rings (SSSR count). The van der Waals surface area contributed by atoms with Crippen molar-refractivity contribution >= 4 is 16.9 Å². The number of alkyl halides is 3. The zero-order valence-electron chi connectivity index (χ0n) is 14.4. The van der Waals surface area contributed by atoms with Gasteiger partial charge in [0, 0.05) is 6.07 Å². The maximum absolute atomic E-state index is 14.1. The van der Waals surface area contributed by atoms with E-state index in [0.29, 0.717) is 4.90 Å². The summed E-state index contributed by atoms with van der Waals surface area (Å²) in [6.07, 6.45) is -4.68. The van der Waals surface area contributed by atoms with Crippen LogP contribution >= 0.6 is 0 Å². The van der Waals surface area contributed by atoms with Crippen molar-refractivity contribution in [3.63, 3.8) is 0 Å². The van der Waals surface area contributed by atoms with Crippen molar-refractivity contribution in [2.75, 3.05) is 6.61 Å². The van der Waals surface area contributed by atoms with Crippen LogP contribution in [0.3, 0.4) is 0 Å². The van der Waals surface area contributed by atoms with E-state index in [-0.39, 0.29) is 0 Å². The molecule has 0 radical (unpaired) electrons. The van der Waals surface area contributed by atoms with E-state index in [1.807, 2.05) is 60.7 Å². The van der Waals surface area contributed by atoms with Crippen LogP contribution in [0, 0.1) is 5.82 Å². The number of carbonyl (C=O) groups is 1. The monoisotopic (exact) mass is 407 g/mol. The molecule has 0 aromatic heterocycles. The first-order valence-corrected chi connectivity index (χ1v) is 9.45. The minimum absolute atomic E-state index is 0.522. The number of hydrogen-bond acceptors (Lipinski definition) is 2. The highest BCUT2D eigenvalue weighted by molar-refractivity contribution is 7.97. The lowest BCUT2D eigenvalue weighted by molar-refractivity contribution is -0.161. The zero-order valence-corrected chi connectivity index (χ0v) is 15.3. The van der Waals surface area contributed by atoms with Gasteiger partial charge in [0.15, 0.2) is 21.3 Å². The lowest BCUT2D eigenvalue weighted by atomic mass is 10.2. The van der Waals surface area contributed by atoms with Crippen molar-refractivity contribution in [2.24, 2.45) is 0 Å². The average molecular weight is 407 g/mol. The third kappa shape index (κ3) is 4.92. The number of hydrogen-bond donors (Lipinski definition) is 0.